The van der Waals surface area contributed by atoms with Crippen molar-refractivity contribution in [3.8, 4) is 17.2 Å². The Morgan fingerprint density at radius 3 is 2.28 bits per heavy atom. The number of aliphatic carboxylic acids is 1. The van der Waals surface area contributed by atoms with Gasteiger partial charge in [0.25, 0.3) is 0 Å². The third-order valence-electron chi connectivity index (χ3n) is 5.36. The Balaban J connectivity index is 1.73. The number of carboxylic acids is 1. The van der Waals surface area contributed by atoms with Crippen LogP contribution in [0, 0.1) is 13.8 Å². The van der Waals surface area contributed by atoms with Crippen LogP contribution in [0.25, 0.3) is 0 Å². The number of rotatable bonds is 11. The molecule has 0 saturated carbocycles. The van der Waals surface area contributed by atoms with Gasteiger partial charge in [0.2, 0.25) is 0 Å². The standard InChI is InChI=1S/C27H31NO4/c1-4-28(19-27(29)30)17-16-26(22-8-6-5-7-9-22)32-25-15-14-24(18-21(25)3)31-23-12-10-20(2)11-13-23/h5-15,18,26H,4,16-17,19H2,1-3H3,(H,29,30). The third-order valence-corrected chi connectivity index (χ3v) is 5.36. The number of aryl methyl sites for hydroxylation is 2. The maximum Gasteiger partial charge on any atom is 0.317 e. The Kier molecular flexibility index (Phi) is 8.28. The van der Waals surface area contributed by atoms with Crippen molar-refractivity contribution in [2.75, 3.05) is 19.6 Å². The van der Waals surface area contributed by atoms with Crippen molar-refractivity contribution in [1.29, 1.82) is 0 Å². The van der Waals surface area contributed by atoms with Gasteiger partial charge in [0.1, 0.15) is 23.4 Å². The SMILES string of the molecule is CCN(CCC(Oc1ccc(Oc2ccc(C)cc2)cc1C)c1ccccc1)CC(=O)O. The largest absolute Gasteiger partial charge is 0.485 e. The molecule has 5 nitrogen and oxygen atoms in total. The molecule has 0 heterocycles. The lowest BCUT2D eigenvalue weighted by atomic mass is 10.1. The molecule has 0 fully saturated rings. The summed E-state index contributed by atoms with van der Waals surface area (Å²) >= 11 is 0. The van der Waals surface area contributed by atoms with E-state index in [-0.39, 0.29) is 12.6 Å². The molecule has 0 aliphatic carbocycles. The van der Waals surface area contributed by atoms with Crippen LogP contribution in [0.1, 0.15) is 36.1 Å². The number of carbonyl (C=O) groups is 1. The number of benzene rings is 3. The highest BCUT2D eigenvalue weighted by Crippen LogP contribution is 2.31. The predicted octanol–water partition coefficient (Wildman–Crippen LogP) is 6.01. The number of hydrogen-bond donors (Lipinski definition) is 1. The minimum atomic E-state index is -0.816. The quantitative estimate of drug-likeness (QED) is 0.401. The van der Waals surface area contributed by atoms with Crippen molar-refractivity contribution >= 4 is 5.97 Å². The van der Waals surface area contributed by atoms with Crippen LogP contribution in [0.3, 0.4) is 0 Å². The van der Waals surface area contributed by atoms with E-state index in [0.29, 0.717) is 19.5 Å². The summed E-state index contributed by atoms with van der Waals surface area (Å²) in [6, 6.07) is 23.8. The number of nitrogens with zero attached hydrogens (tertiary/aromatic N) is 1. The van der Waals surface area contributed by atoms with Gasteiger partial charge < -0.3 is 14.6 Å². The molecule has 0 bridgehead atoms. The van der Waals surface area contributed by atoms with Gasteiger partial charge in [-0.2, -0.15) is 0 Å². The Morgan fingerprint density at radius 1 is 0.969 bits per heavy atom. The maximum absolute atomic E-state index is 11.1. The Bertz CT molecular complexity index is 1000. The first-order valence-corrected chi connectivity index (χ1v) is 11.0. The fraction of sp³-hybridized carbons (Fsp3) is 0.296. The Hall–Kier alpha value is -3.31. The van der Waals surface area contributed by atoms with Gasteiger partial charge >= 0.3 is 5.97 Å². The zero-order chi connectivity index (χ0) is 22.9. The average molecular weight is 434 g/mol. The second kappa shape index (κ2) is 11.3. The fourth-order valence-corrected chi connectivity index (χ4v) is 3.51. The monoisotopic (exact) mass is 433 g/mol. The van der Waals surface area contributed by atoms with Gasteiger partial charge in [0, 0.05) is 13.0 Å². The van der Waals surface area contributed by atoms with E-state index in [4.69, 9.17) is 14.6 Å². The Morgan fingerprint density at radius 2 is 1.66 bits per heavy atom. The van der Waals surface area contributed by atoms with Crippen molar-refractivity contribution in [2.45, 2.75) is 33.3 Å². The number of likely N-dealkylation sites (N-methyl/N-ethyl adjacent to an activating group) is 1. The van der Waals surface area contributed by atoms with Gasteiger partial charge in [-0.25, -0.2) is 0 Å². The lowest BCUT2D eigenvalue weighted by Gasteiger charge is -2.25. The van der Waals surface area contributed by atoms with Crippen LogP contribution in [0.15, 0.2) is 72.8 Å². The lowest BCUT2D eigenvalue weighted by molar-refractivity contribution is -0.138. The molecule has 1 N–H and O–H groups in total. The summed E-state index contributed by atoms with van der Waals surface area (Å²) in [6.45, 7) is 7.36. The first-order chi connectivity index (χ1) is 15.4. The highest BCUT2D eigenvalue weighted by atomic mass is 16.5. The second-order valence-corrected chi connectivity index (χ2v) is 7.91. The smallest absolute Gasteiger partial charge is 0.317 e. The summed E-state index contributed by atoms with van der Waals surface area (Å²) in [7, 11) is 0. The van der Waals surface area contributed by atoms with E-state index in [1.54, 1.807) is 0 Å². The fourth-order valence-electron chi connectivity index (χ4n) is 3.51. The van der Waals surface area contributed by atoms with Gasteiger partial charge in [0.05, 0.1) is 6.54 Å². The predicted molar refractivity (Wildman–Crippen MR) is 127 cm³/mol. The van der Waals surface area contributed by atoms with Gasteiger partial charge in [-0.05, 0) is 61.9 Å². The van der Waals surface area contributed by atoms with Crippen LogP contribution in [-0.2, 0) is 4.79 Å². The topological polar surface area (TPSA) is 59.0 Å². The van der Waals surface area contributed by atoms with Gasteiger partial charge in [-0.3, -0.25) is 9.69 Å². The zero-order valence-corrected chi connectivity index (χ0v) is 19.0. The molecule has 168 valence electrons. The molecule has 0 spiro atoms. The zero-order valence-electron chi connectivity index (χ0n) is 19.0. The van der Waals surface area contributed by atoms with Crippen LogP contribution < -0.4 is 9.47 Å². The van der Waals surface area contributed by atoms with Gasteiger partial charge in [0.15, 0.2) is 0 Å². The summed E-state index contributed by atoms with van der Waals surface area (Å²) < 4.78 is 12.4. The van der Waals surface area contributed by atoms with Crippen molar-refractivity contribution in [2.24, 2.45) is 0 Å². The first kappa shape index (κ1) is 23.4. The molecule has 3 aromatic carbocycles. The van der Waals surface area contributed by atoms with E-state index in [1.807, 2.05) is 98.5 Å². The summed E-state index contributed by atoms with van der Waals surface area (Å²) in [5.41, 5.74) is 3.24. The molecule has 1 unspecified atom stereocenters. The average Bonchev–Trinajstić information content (AvgIpc) is 2.79. The van der Waals surface area contributed by atoms with E-state index in [0.717, 1.165) is 28.4 Å². The first-order valence-electron chi connectivity index (χ1n) is 11.0. The second-order valence-electron chi connectivity index (χ2n) is 7.91. The number of carboxylic acid groups (broad SMARTS) is 1. The van der Waals surface area contributed by atoms with E-state index in [9.17, 15) is 4.79 Å². The summed E-state index contributed by atoms with van der Waals surface area (Å²) in [5.74, 6) is 1.53. The van der Waals surface area contributed by atoms with Crippen molar-refractivity contribution in [1.82, 2.24) is 4.90 Å². The van der Waals surface area contributed by atoms with Gasteiger partial charge in [-0.1, -0.05) is 55.0 Å². The lowest BCUT2D eigenvalue weighted by Crippen LogP contribution is -2.31. The van der Waals surface area contributed by atoms with Crippen molar-refractivity contribution in [3.05, 3.63) is 89.5 Å². The van der Waals surface area contributed by atoms with E-state index >= 15 is 0 Å². The van der Waals surface area contributed by atoms with Crippen molar-refractivity contribution < 1.29 is 19.4 Å². The maximum atomic E-state index is 11.1. The molecule has 0 saturated heterocycles. The summed E-state index contributed by atoms with van der Waals surface area (Å²) in [6.07, 6.45) is 0.508. The molecule has 0 amide bonds. The van der Waals surface area contributed by atoms with E-state index < -0.39 is 5.97 Å². The molecule has 5 heteroatoms. The minimum absolute atomic E-state index is 0.0298. The summed E-state index contributed by atoms with van der Waals surface area (Å²) in [4.78, 5) is 13.0. The molecule has 0 aliphatic heterocycles. The molecule has 0 aliphatic rings. The molecule has 3 rings (SSSR count). The van der Waals surface area contributed by atoms with Crippen LogP contribution in [0.4, 0.5) is 0 Å². The molecular weight excluding hydrogens is 402 g/mol. The Labute approximate surface area is 190 Å². The molecule has 3 aromatic rings. The third kappa shape index (κ3) is 6.86. The van der Waals surface area contributed by atoms with E-state index in [1.165, 1.54) is 5.56 Å². The van der Waals surface area contributed by atoms with Crippen LogP contribution in [-0.4, -0.2) is 35.6 Å². The summed E-state index contributed by atoms with van der Waals surface area (Å²) in [5, 5.41) is 9.13. The highest BCUT2D eigenvalue weighted by Gasteiger charge is 2.17. The van der Waals surface area contributed by atoms with Crippen LogP contribution >= 0.6 is 0 Å². The minimum Gasteiger partial charge on any atom is -0.485 e. The number of hydrogen-bond acceptors (Lipinski definition) is 4. The molecule has 0 aromatic heterocycles. The van der Waals surface area contributed by atoms with Crippen LogP contribution in [0.2, 0.25) is 0 Å². The van der Waals surface area contributed by atoms with Crippen LogP contribution in [0.5, 0.6) is 17.2 Å². The normalized spacial score (nSPS) is 11.9. The highest BCUT2D eigenvalue weighted by molar-refractivity contribution is 5.69. The molecular formula is C27H31NO4. The molecule has 1 atom stereocenters. The van der Waals surface area contributed by atoms with Gasteiger partial charge in [-0.15, -0.1) is 0 Å². The van der Waals surface area contributed by atoms with Crippen molar-refractivity contribution in [3.63, 3.8) is 0 Å². The molecule has 32 heavy (non-hydrogen) atoms. The number of ether oxygens (including phenoxy) is 2. The van der Waals surface area contributed by atoms with E-state index in [2.05, 4.69) is 0 Å². The molecule has 0 radical (unpaired) electrons.